The molecule has 0 aromatic carbocycles. The quantitative estimate of drug-likeness (QED) is 0.499. The number of phosphoric acid groups is 1. The molecule has 10 heavy (non-hydrogen) atoms. The molecule has 0 aliphatic rings. The molecule has 0 aliphatic heterocycles. The molecule has 0 aliphatic carbocycles. The van der Waals surface area contributed by atoms with Crippen molar-refractivity contribution < 1.29 is 45.1 Å². The van der Waals surface area contributed by atoms with E-state index in [0.29, 0.717) is 6.42 Å². The standard InChI is InChI=1S/C4H11O4P.Zr/c1-2-3-4-8-9(5,6)7;/h2-4H2,1H3,(H2,5,6,7);/q;+2/p-2. The molecule has 0 atom stereocenters. The van der Waals surface area contributed by atoms with Gasteiger partial charge in [-0.15, -0.1) is 0 Å². The van der Waals surface area contributed by atoms with Gasteiger partial charge in [0, 0.05) is 0 Å². The topological polar surface area (TPSA) is 72.4 Å². The van der Waals surface area contributed by atoms with E-state index in [0.717, 1.165) is 6.42 Å². The second-order valence-electron chi connectivity index (χ2n) is 1.63. The Morgan fingerprint density at radius 3 is 2.30 bits per heavy atom. The molecule has 6 heteroatoms. The van der Waals surface area contributed by atoms with E-state index >= 15 is 0 Å². The minimum Gasteiger partial charge on any atom is -0.790 e. The molecule has 58 valence electrons. The van der Waals surface area contributed by atoms with E-state index in [2.05, 4.69) is 4.52 Å². The van der Waals surface area contributed by atoms with Crippen molar-refractivity contribution >= 4 is 7.82 Å². The van der Waals surface area contributed by atoms with Crippen molar-refractivity contribution in [1.82, 2.24) is 0 Å². The second-order valence-corrected chi connectivity index (χ2v) is 2.79. The number of hydrogen-bond donors (Lipinski definition) is 0. The minimum absolute atomic E-state index is 0. The third-order valence-electron chi connectivity index (χ3n) is 0.747. The largest absolute Gasteiger partial charge is 2.00 e. The van der Waals surface area contributed by atoms with Gasteiger partial charge in [0.25, 0.3) is 0 Å². The Kier molecular flexibility index (Phi) is 9.08. The number of rotatable bonds is 4. The van der Waals surface area contributed by atoms with Crippen LogP contribution in [-0.4, -0.2) is 6.61 Å². The van der Waals surface area contributed by atoms with Crippen LogP contribution in [0.3, 0.4) is 0 Å². The van der Waals surface area contributed by atoms with E-state index in [9.17, 15) is 14.4 Å². The summed E-state index contributed by atoms with van der Waals surface area (Å²) in [4.78, 5) is 19.5. The van der Waals surface area contributed by atoms with Gasteiger partial charge in [-0.2, -0.15) is 0 Å². The van der Waals surface area contributed by atoms with Crippen LogP contribution in [0.5, 0.6) is 0 Å². The maximum atomic E-state index is 9.76. The van der Waals surface area contributed by atoms with E-state index in [1.807, 2.05) is 6.92 Å². The molecule has 0 N–H and O–H groups in total. The summed E-state index contributed by atoms with van der Waals surface area (Å²) in [5.41, 5.74) is 0. The summed E-state index contributed by atoms with van der Waals surface area (Å²) in [6.07, 6.45) is 1.43. The number of phosphoric ester groups is 1. The van der Waals surface area contributed by atoms with Crippen molar-refractivity contribution in [1.29, 1.82) is 0 Å². The molecule has 0 rings (SSSR count). The monoisotopic (exact) mass is 242 g/mol. The van der Waals surface area contributed by atoms with Gasteiger partial charge in [-0.1, -0.05) is 13.3 Å². The summed E-state index contributed by atoms with van der Waals surface area (Å²) >= 11 is 0. The second kappa shape index (κ2) is 6.69. The zero-order valence-corrected chi connectivity index (χ0v) is 9.05. The van der Waals surface area contributed by atoms with E-state index in [1.165, 1.54) is 0 Å². The molecule has 0 saturated carbocycles. The Morgan fingerprint density at radius 1 is 1.50 bits per heavy atom. The van der Waals surface area contributed by atoms with Crippen molar-refractivity contribution in [3.05, 3.63) is 0 Å². The first-order chi connectivity index (χ1) is 4.06. The smallest absolute Gasteiger partial charge is 0.790 e. The summed E-state index contributed by atoms with van der Waals surface area (Å²) in [6.45, 7) is 1.89. The molecule has 0 radical (unpaired) electrons. The van der Waals surface area contributed by atoms with Gasteiger partial charge in [-0.25, -0.2) is 0 Å². The van der Waals surface area contributed by atoms with E-state index in [4.69, 9.17) is 0 Å². The van der Waals surface area contributed by atoms with Gasteiger partial charge >= 0.3 is 26.2 Å². The first-order valence-corrected chi connectivity index (χ1v) is 4.19. The summed E-state index contributed by atoms with van der Waals surface area (Å²) in [7, 11) is -4.70. The van der Waals surface area contributed by atoms with Crippen molar-refractivity contribution in [2.24, 2.45) is 0 Å². The predicted octanol–water partition coefficient (Wildman–Crippen LogP) is -0.371. The summed E-state index contributed by atoms with van der Waals surface area (Å²) in [5.74, 6) is 0. The Morgan fingerprint density at radius 2 is 2.00 bits per heavy atom. The van der Waals surface area contributed by atoms with Gasteiger partial charge in [0.2, 0.25) is 0 Å². The Bertz CT molecular complexity index is 112. The fourth-order valence-electron chi connectivity index (χ4n) is 0.321. The third-order valence-corrected chi connectivity index (χ3v) is 1.25. The maximum absolute atomic E-state index is 9.76. The molecular weight excluding hydrogens is 234 g/mol. The average Bonchev–Trinajstić information content (AvgIpc) is 1.63. The van der Waals surface area contributed by atoms with E-state index in [1.54, 1.807) is 0 Å². The van der Waals surface area contributed by atoms with Gasteiger partial charge < -0.3 is 18.9 Å². The van der Waals surface area contributed by atoms with Crippen LogP contribution in [0.1, 0.15) is 19.8 Å². The van der Waals surface area contributed by atoms with Crippen LogP contribution < -0.4 is 9.79 Å². The SMILES string of the molecule is CCCCOP(=O)([O-])[O-].[Zr+2]. The minimum atomic E-state index is -4.70. The molecule has 0 amide bonds. The van der Waals surface area contributed by atoms with Crippen molar-refractivity contribution in [3.63, 3.8) is 0 Å². The molecule has 4 nitrogen and oxygen atoms in total. The molecule has 0 heterocycles. The maximum Gasteiger partial charge on any atom is 2.00 e. The van der Waals surface area contributed by atoms with Crippen LogP contribution >= 0.6 is 7.82 Å². The molecule has 0 saturated heterocycles. The zero-order chi connectivity index (χ0) is 7.33. The van der Waals surface area contributed by atoms with Gasteiger partial charge in [-0.3, -0.25) is 0 Å². The van der Waals surface area contributed by atoms with E-state index in [-0.39, 0.29) is 32.8 Å². The average molecular weight is 243 g/mol. The fraction of sp³-hybridized carbons (Fsp3) is 1.00. The molecule has 0 aromatic rings. The van der Waals surface area contributed by atoms with Gasteiger partial charge in [-0.05, 0) is 6.42 Å². The van der Waals surface area contributed by atoms with E-state index < -0.39 is 7.82 Å². The summed E-state index contributed by atoms with van der Waals surface area (Å²) in [6, 6.07) is 0. The van der Waals surface area contributed by atoms with Gasteiger partial charge in [0.05, 0.1) is 14.4 Å². The van der Waals surface area contributed by atoms with Gasteiger partial charge in [0.1, 0.15) is 0 Å². The van der Waals surface area contributed by atoms with Crippen molar-refractivity contribution in [2.75, 3.05) is 6.61 Å². The Labute approximate surface area is 79.3 Å². The molecule has 0 fully saturated rings. The Hall–Kier alpha value is 0.993. The van der Waals surface area contributed by atoms with Crippen molar-refractivity contribution in [2.45, 2.75) is 19.8 Å². The molecule has 0 aromatic heterocycles. The number of unbranched alkanes of at least 4 members (excludes halogenated alkanes) is 1. The van der Waals surface area contributed by atoms with Crippen LogP contribution in [0.15, 0.2) is 0 Å². The van der Waals surface area contributed by atoms with Crippen LogP contribution in [0.2, 0.25) is 0 Å². The van der Waals surface area contributed by atoms with Crippen LogP contribution in [0.25, 0.3) is 0 Å². The summed E-state index contributed by atoms with van der Waals surface area (Å²) < 4.78 is 13.7. The number of hydrogen-bond acceptors (Lipinski definition) is 4. The Balaban J connectivity index is 0. The molecule has 0 bridgehead atoms. The molecular formula is C4H9O4PZr. The van der Waals surface area contributed by atoms with Gasteiger partial charge in [0.15, 0.2) is 0 Å². The molecule has 0 unspecified atom stereocenters. The fourth-order valence-corrected chi connectivity index (χ4v) is 0.673. The zero-order valence-electron chi connectivity index (χ0n) is 5.70. The van der Waals surface area contributed by atoms with Crippen LogP contribution in [0, 0.1) is 0 Å². The molecule has 0 spiro atoms. The normalized spacial score (nSPS) is 10.7. The van der Waals surface area contributed by atoms with Crippen molar-refractivity contribution in [3.8, 4) is 0 Å². The summed E-state index contributed by atoms with van der Waals surface area (Å²) in [5, 5.41) is 0. The predicted molar refractivity (Wildman–Crippen MR) is 28.5 cm³/mol. The first-order valence-electron chi connectivity index (χ1n) is 2.73. The van der Waals surface area contributed by atoms with Crippen LogP contribution in [-0.2, 0) is 35.3 Å². The van der Waals surface area contributed by atoms with Crippen LogP contribution in [0.4, 0.5) is 0 Å². The first kappa shape index (κ1) is 13.6. The third kappa shape index (κ3) is 11.7.